The Morgan fingerprint density at radius 3 is 2.72 bits per heavy atom. The third-order valence-corrected chi connectivity index (χ3v) is 5.48. The summed E-state index contributed by atoms with van der Waals surface area (Å²) < 4.78 is 7.54. The average molecular weight is 349 g/mol. The number of nitrogens with zero attached hydrogens (tertiary/aromatic N) is 3. The lowest BCUT2D eigenvalue weighted by molar-refractivity contribution is -0.144. The quantitative estimate of drug-likeness (QED) is 0.805. The molecule has 1 aliphatic carbocycles. The number of rotatable bonds is 5. The summed E-state index contributed by atoms with van der Waals surface area (Å²) in [4.78, 5) is 26.4. The number of Topliss-reactive ketones (excluding diaryl/α,β-unsaturated/α-hetero) is 1. The van der Waals surface area contributed by atoms with Crippen molar-refractivity contribution < 1.29 is 19.4 Å². The molecule has 1 saturated carbocycles. The minimum Gasteiger partial charge on any atom is -0.396 e. The van der Waals surface area contributed by atoms with Crippen molar-refractivity contribution in [3.05, 3.63) is 17.0 Å². The molecule has 1 saturated heterocycles. The van der Waals surface area contributed by atoms with Gasteiger partial charge in [-0.2, -0.15) is 5.10 Å². The normalized spacial score (nSPS) is 25.9. The van der Waals surface area contributed by atoms with Crippen LogP contribution in [0.5, 0.6) is 0 Å². The van der Waals surface area contributed by atoms with Crippen molar-refractivity contribution >= 4 is 11.7 Å². The molecule has 3 atom stereocenters. The molecule has 2 aliphatic rings. The number of hydrogen-bond donors (Lipinski definition) is 1. The van der Waals surface area contributed by atoms with E-state index in [-0.39, 0.29) is 36.4 Å². The standard InChI is InChI=1S/C18H27N3O4/c1-11-18(13(3)23)12(2)21(19-11)5-4-17(24)20-6-7-25-16-9-14(10-22)8-15(16)20/h14-16,22H,4-10H2,1-3H3/t14-,15+,16+/m1/s1. The first kappa shape index (κ1) is 18.1. The van der Waals surface area contributed by atoms with Gasteiger partial charge in [-0.3, -0.25) is 14.3 Å². The molecule has 0 unspecified atom stereocenters. The number of carbonyl (C=O) groups excluding carboxylic acids is 2. The third-order valence-electron chi connectivity index (χ3n) is 5.48. The highest BCUT2D eigenvalue weighted by molar-refractivity contribution is 5.96. The van der Waals surface area contributed by atoms with Crippen LogP contribution in [0.1, 0.15) is 47.9 Å². The van der Waals surface area contributed by atoms with Gasteiger partial charge in [0.15, 0.2) is 5.78 Å². The van der Waals surface area contributed by atoms with Crippen LogP contribution >= 0.6 is 0 Å². The van der Waals surface area contributed by atoms with Crippen LogP contribution in [-0.2, 0) is 16.1 Å². The number of carbonyl (C=O) groups is 2. The lowest BCUT2D eigenvalue weighted by atomic mass is 10.1. The van der Waals surface area contributed by atoms with Gasteiger partial charge in [-0.1, -0.05) is 0 Å². The van der Waals surface area contributed by atoms with Gasteiger partial charge >= 0.3 is 0 Å². The smallest absolute Gasteiger partial charge is 0.224 e. The summed E-state index contributed by atoms with van der Waals surface area (Å²) in [6.07, 6.45) is 2.03. The van der Waals surface area contributed by atoms with E-state index in [1.807, 2.05) is 18.7 Å². The van der Waals surface area contributed by atoms with Crippen LogP contribution in [0.25, 0.3) is 0 Å². The maximum absolute atomic E-state index is 12.7. The summed E-state index contributed by atoms with van der Waals surface area (Å²) in [5.74, 6) is 0.316. The van der Waals surface area contributed by atoms with E-state index in [9.17, 15) is 14.7 Å². The fourth-order valence-corrected chi connectivity index (χ4v) is 4.28. The summed E-state index contributed by atoms with van der Waals surface area (Å²) in [7, 11) is 0. The first-order valence-electron chi connectivity index (χ1n) is 8.99. The lowest BCUT2D eigenvalue weighted by Crippen LogP contribution is -2.51. The number of aryl methyl sites for hydroxylation is 2. The maximum Gasteiger partial charge on any atom is 0.224 e. The highest BCUT2D eigenvalue weighted by Crippen LogP contribution is 2.34. The van der Waals surface area contributed by atoms with Crippen LogP contribution < -0.4 is 0 Å². The van der Waals surface area contributed by atoms with E-state index in [4.69, 9.17) is 4.74 Å². The zero-order chi connectivity index (χ0) is 18.1. The van der Waals surface area contributed by atoms with E-state index in [0.29, 0.717) is 37.4 Å². The monoisotopic (exact) mass is 349 g/mol. The highest BCUT2D eigenvalue weighted by Gasteiger charge is 2.42. The van der Waals surface area contributed by atoms with Crippen LogP contribution in [0.4, 0.5) is 0 Å². The van der Waals surface area contributed by atoms with Gasteiger partial charge in [-0.05, 0) is 39.5 Å². The van der Waals surface area contributed by atoms with Crippen LogP contribution in [0.3, 0.4) is 0 Å². The number of morpholine rings is 1. The third kappa shape index (κ3) is 3.48. The van der Waals surface area contributed by atoms with Gasteiger partial charge < -0.3 is 14.7 Å². The Morgan fingerprint density at radius 2 is 2.08 bits per heavy atom. The van der Waals surface area contributed by atoms with E-state index in [0.717, 1.165) is 18.5 Å². The molecule has 7 nitrogen and oxygen atoms in total. The highest BCUT2D eigenvalue weighted by atomic mass is 16.5. The van der Waals surface area contributed by atoms with E-state index in [1.165, 1.54) is 6.92 Å². The molecule has 1 aromatic rings. The molecule has 1 N–H and O–H groups in total. The van der Waals surface area contributed by atoms with Crippen molar-refractivity contribution in [3.8, 4) is 0 Å². The fraction of sp³-hybridized carbons (Fsp3) is 0.722. The Bertz CT molecular complexity index is 670. The number of fused-ring (bicyclic) bond motifs is 1. The summed E-state index contributed by atoms with van der Waals surface area (Å²) in [5.41, 5.74) is 2.18. The summed E-state index contributed by atoms with van der Waals surface area (Å²) in [5, 5.41) is 13.8. The molecule has 0 aromatic carbocycles. The first-order chi connectivity index (χ1) is 11.9. The minimum absolute atomic E-state index is 0.00426. The Hall–Kier alpha value is -1.73. The van der Waals surface area contributed by atoms with Crippen molar-refractivity contribution in [1.82, 2.24) is 14.7 Å². The lowest BCUT2D eigenvalue weighted by Gasteiger charge is -2.37. The zero-order valence-electron chi connectivity index (χ0n) is 15.2. The Labute approximate surface area is 147 Å². The molecule has 0 bridgehead atoms. The molecule has 25 heavy (non-hydrogen) atoms. The molecule has 1 aromatic heterocycles. The minimum atomic E-state index is 0.00426. The SMILES string of the molecule is CC(=O)c1c(C)nn(CCC(=O)N2CCO[C@H]3C[C@H](CO)C[C@@H]32)c1C. The molecule has 2 heterocycles. The number of amides is 1. The number of aliphatic hydroxyl groups is 1. The number of hydrogen-bond acceptors (Lipinski definition) is 5. The van der Waals surface area contributed by atoms with Crippen molar-refractivity contribution in [2.75, 3.05) is 19.8 Å². The van der Waals surface area contributed by atoms with Crippen LogP contribution in [-0.4, -0.2) is 63.4 Å². The molecule has 3 rings (SSSR count). The predicted molar refractivity (Wildman–Crippen MR) is 91.4 cm³/mol. The van der Waals surface area contributed by atoms with Gasteiger partial charge in [-0.25, -0.2) is 0 Å². The Balaban J connectivity index is 1.65. The molecular weight excluding hydrogens is 322 g/mol. The molecule has 0 radical (unpaired) electrons. The van der Waals surface area contributed by atoms with Gasteiger partial charge in [0, 0.05) is 31.8 Å². The summed E-state index contributed by atoms with van der Waals surface area (Å²) >= 11 is 0. The van der Waals surface area contributed by atoms with E-state index < -0.39 is 0 Å². The number of aromatic nitrogens is 2. The summed E-state index contributed by atoms with van der Waals surface area (Å²) in [6, 6.07) is 0.0756. The molecular formula is C18H27N3O4. The second-order valence-corrected chi connectivity index (χ2v) is 7.16. The van der Waals surface area contributed by atoms with Crippen LogP contribution in [0.2, 0.25) is 0 Å². The van der Waals surface area contributed by atoms with Crippen molar-refractivity contribution in [2.45, 2.75) is 58.7 Å². The first-order valence-corrected chi connectivity index (χ1v) is 8.99. The van der Waals surface area contributed by atoms with Crippen LogP contribution in [0.15, 0.2) is 0 Å². The molecule has 1 amide bonds. The number of ether oxygens (including phenoxy) is 1. The maximum atomic E-state index is 12.7. The number of aliphatic hydroxyl groups excluding tert-OH is 1. The fourth-order valence-electron chi connectivity index (χ4n) is 4.28. The largest absolute Gasteiger partial charge is 0.396 e. The summed E-state index contributed by atoms with van der Waals surface area (Å²) in [6.45, 7) is 7.01. The molecule has 1 aliphatic heterocycles. The van der Waals surface area contributed by atoms with E-state index >= 15 is 0 Å². The Morgan fingerprint density at radius 1 is 1.32 bits per heavy atom. The molecule has 2 fully saturated rings. The predicted octanol–water partition coefficient (Wildman–Crippen LogP) is 1.09. The molecule has 138 valence electrons. The van der Waals surface area contributed by atoms with Gasteiger partial charge in [0.2, 0.25) is 5.91 Å². The number of ketones is 1. The zero-order valence-corrected chi connectivity index (χ0v) is 15.2. The van der Waals surface area contributed by atoms with E-state index in [2.05, 4.69) is 5.10 Å². The average Bonchev–Trinajstić information content (AvgIpc) is 3.12. The van der Waals surface area contributed by atoms with Crippen molar-refractivity contribution in [2.24, 2.45) is 5.92 Å². The second-order valence-electron chi connectivity index (χ2n) is 7.16. The van der Waals surface area contributed by atoms with Gasteiger partial charge in [-0.15, -0.1) is 0 Å². The topological polar surface area (TPSA) is 84.7 Å². The van der Waals surface area contributed by atoms with Gasteiger partial charge in [0.25, 0.3) is 0 Å². The van der Waals surface area contributed by atoms with Gasteiger partial charge in [0.05, 0.1) is 30.0 Å². The molecule has 0 spiro atoms. The van der Waals surface area contributed by atoms with Crippen molar-refractivity contribution in [3.63, 3.8) is 0 Å². The molecule has 7 heteroatoms. The van der Waals surface area contributed by atoms with E-state index in [1.54, 1.807) is 4.68 Å². The second kappa shape index (κ2) is 7.25. The van der Waals surface area contributed by atoms with Crippen LogP contribution in [0, 0.1) is 19.8 Å². The van der Waals surface area contributed by atoms with Crippen molar-refractivity contribution in [1.29, 1.82) is 0 Å². The van der Waals surface area contributed by atoms with Gasteiger partial charge in [0.1, 0.15) is 0 Å². The Kier molecular flexibility index (Phi) is 5.24.